The van der Waals surface area contributed by atoms with Crippen LogP contribution >= 0.6 is 0 Å². The Balaban J connectivity index is 2.75. The van der Waals surface area contributed by atoms with Crippen LogP contribution in [0.15, 0.2) is 12.2 Å². The zero-order valence-electron chi connectivity index (χ0n) is 9.73. The predicted molar refractivity (Wildman–Crippen MR) is 58.7 cm³/mol. The molecule has 15 heavy (non-hydrogen) atoms. The van der Waals surface area contributed by atoms with Crippen molar-refractivity contribution in [2.75, 3.05) is 27.4 Å². The quantitative estimate of drug-likeness (QED) is 0.650. The molecule has 0 saturated carbocycles. The average molecular weight is 212 g/mol. The third kappa shape index (κ3) is 2.89. The Bertz CT molecular complexity index is 235. The third-order valence-electron chi connectivity index (χ3n) is 2.98. The molecule has 0 saturated heterocycles. The molecule has 3 heteroatoms. The maximum atomic E-state index is 12.0. The topological polar surface area (TPSA) is 35.5 Å². The first-order valence-electron chi connectivity index (χ1n) is 5.44. The minimum atomic E-state index is -0.0371. The van der Waals surface area contributed by atoms with Crippen molar-refractivity contribution in [3.63, 3.8) is 0 Å². The number of allylic oxidation sites excluding steroid dienone is 1. The minimum Gasteiger partial charge on any atom is -0.384 e. The standard InChI is InChI=1S/C12H20O3/c1-4-9-5-6-10(7-14-2)11(8-15-3)12(9)13/h5-6,9-11H,4,7-8H2,1-3H3/t9-,10-,11+/m1/s1. The molecule has 0 fully saturated rings. The number of ether oxygens (including phenoxy) is 2. The van der Waals surface area contributed by atoms with Gasteiger partial charge in [-0.05, 0) is 6.42 Å². The van der Waals surface area contributed by atoms with Gasteiger partial charge in [0, 0.05) is 26.1 Å². The lowest BCUT2D eigenvalue weighted by Gasteiger charge is -2.29. The molecular weight excluding hydrogens is 192 g/mol. The summed E-state index contributed by atoms with van der Waals surface area (Å²) < 4.78 is 10.2. The number of carbonyl (C=O) groups excluding carboxylic acids is 1. The summed E-state index contributed by atoms with van der Waals surface area (Å²) in [6, 6.07) is 0. The second kappa shape index (κ2) is 6.03. The number of carbonyl (C=O) groups is 1. The first kappa shape index (κ1) is 12.4. The molecule has 3 nitrogen and oxygen atoms in total. The van der Waals surface area contributed by atoms with Gasteiger partial charge in [-0.25, -0.2) is 0 Å². The third-order valence-corrected chi connectivity index (χ3v) is 2.98. The van der Waals surface area contributed by atoms with Crippen LogP contribution in [-0.2, 0) is 14.3 Å². The van der Waals surface area contributed by atoms with Crippen molar-refractivity contribution in [2.24, 2.45) is 17.8 Å². The second-order valence-corrected chi connectivity index (χ2v) is 3.98. The zero-order valence-corrected chi connectivity index (χ0v) is 9.73. The van der Waals surface area contributed by atoms with Crippen molar-refractivity contribution in [1.82, 2.24) is 0 Å². The van der Waals surface area contributed by atoms with Gasteiger partial charge in [-0.2, -0.15) is 0 Å². The van der Waals surface area contributed by atoms with Crippen molar-refractivity contribution in [1.29, 1.82) is 0 Å². The lowest BCUT2D eigenvalue weighted by atomic mass is 9.77. The van der Waals surface area contributed by atoms with Gasteiger partial charge in [0.25, 0.3) is 0 Å². The molecule has 0 N–H and O–H groups in total. The number of rotatable bonds is 5. The number of hydrogen-bond acceptors (Lipinski definition) is 3. The van der Waals surface area contributed by atoms with E-state index in [1.807, 2.05) is 13.0 Å². The summed E-state index contributed by atoms with van der Waals surface area (Å²) >= 11 is 0. The van der Waals surface area contributed by atoms with Crippen molar-refractivity contribution >= 4 is 5.78 Å². The van der Waals surface area contributed by atoms with Gasteiger partial charge in [-0.1, -0.05) is 19.1 Å². The van der Waals surface area contributed by atoms with Crippen LogP contribution in [0, 0.1) is 17.8 Å². The molecule has 86 valence electrons. The molecule has 0 unspecified atom stereocenters. The number of Topliss-reactive ketones (excluding diaryl/α,β-unsaturated/α-hetero) is 1. The lowest BCUT2D eigenvalue weighted by Crippen LogP contribution is -2.36. The van der Waals surface area contributed by atoms with Crippen molar-refractivity contribution < 1.29 is 14.3 Å². The van der Waals surface area contributed by atoms with Gasteiger partial charge in [0.05, 0.1) is 19.1 Å². The van der Waals surface area contributed by atoms with Crippen molar-refractivity contribution in [3.8, 4) is 0 Å². The van der Waals surface area contributed by atoms with Gasteiger partial charge < -0.3 is 9.47 Å². The van der Waals surface area contributed by atoms with Crippen LogP contribution in [0.5, 0.6) is 0 Å². The Hall–Kier alpha value is -0.670. The minimum absolute atomic E-state index is 0.0371. The molecule has 0 bridgehead atoms. The second-order valence-electron chi connectivity index (χ2n) is 3.98. The summed E-state index contributed by atoms with van der Waals surface area (Å²) in [5, 5.41) is 0. The zero-order chi connectivity index (χ0) is 11.3. The van der Waals surface area contributed by atoms with Gasteiger partial charge in [0.2, 0.25) is 0 Å². The molecule has 1 aliphatic carbocycles. The van der Waals surface area contributed by atoms with E-state index in [-0.39, 0.29) is 17.8 Å². The molecule has 0 aromatic rings. The van der Waals surface area contributed by atoms with Crippen LogP contribution in [0.2, 0.25) is 0 Å². The van der Waals surface area contributed by atoms with E-state index in [0.29, 0.717) is 19.0 Å². The maximum Gasteiger partial charge on any atom is 0.145 e. The van der Waals surface area contributed by atoms with Crippen LogP contribution in [0.3, 0.4) is 0 Å². The SMILES string of the molecule is CC[C@@H]1C=C[C@H](COC)[C@H](COC)C1=O. The Morgan fingerprint density at radius 1 is 1.20 bits per heavy atom. The highest BCUT2D eigenvalue weighted by molar-refractivity contribution is 5.86. The lowest BCUT2D eigenvalue weighted by molar-refractivity contribution is -0.130. The summed E-state index contributed by atoms with van der Waals surface area (Å²) in [6.45, 7) is 3.12. The molecule has 0 amide bonds. The molecular formula is C12H20O3. The van der Waals surface area contributed by atoms with E-state index in [2.05, 4.69) is 6.08 Å². The molecule has 1 rings (SSSR count). The Labute approximate surface area is 91.4 Å². The van der Waals surface area contributed by atoms with E-state index in [1.165, 1.54) is 0 Å². The van der Waals surface area contributed by atoms with Crippen molar-refractivity contribution in [2.45, 2.75) is 13.3 Å². The largest absolute Gasteiger partial charge is 0.384 e. The molecule has 0 radical (unpaired) electrons. The normalized spacial score (nSPS) is 30.9. The molecule has 0 aromatic heterocycles. The number of methoxy groups -OCH3 is 2. The predicted octanol–water partition coefficient (Wildman–Crippen LogP) is 1.68. The van der Waals surface area contributed by atoms with Crippen LogP contribution in [0.1, 0.15) is 13.3 Å². The smallest absolute Gasteiger partial charge is 0.145 e. The number of hydrogen-bond donors (Lipinski definition) is 0. The monoisotopic (exact) mass is 212 g/mol. The molecule has 0 aromatic carbocycles. The van der Waals surface area contributed by atoms with Gasteiger partial charge in [0.1, 0.15) is 5.78 Å². The Morgan fingerprint density at radius 2 is 1.87 bits per heavy atom. The van der Waals surface area contributed by atoms with E-state index in [4.69, 9.17) is 9.47 Å². The highest BCUT2D eigenvalue weighted by atomic mass is 16.5. The molecule has 0 aliphatic heterocycles. The Kier molecular flexibility index (Phi) is 4.99. The summed E-state index contributed by atoms with van der Waals surface area (Å²) in [7, 11) is 3.30. The Morgan fingerprint density at radius 3 is 2.40 bits per heavy atom. The summed E-state index contributed by atoms with van der Waals surface area (Å²) in [4.78, 5) is 12.0. The van der Waals surface area contributed by atoms with E-state index in [9.17, 15) is 4.79 Å². The fraction of sp³-hybridized carbons (Fsp3) is 0.750. The van der Waals surface area contributed by atoms with Crippen LogP contribution < -0.4 is 0 Å². The van der Waals surface area contributed by atoms with E-state index < -0.39 is 0 Å². The summed E-state index contributed by atoms with van der Waals surface area (Å²) in [6.07, 6.45) is 4.98. The molecule has 0 heterocycles. The maximum absolute atomic E-state index is 12.0. The van der Waals surface area contributed by atoms with E-state index in [0.717, 1.165) is 6.42 Å². The van der Waals surface area contributed by atoms with E-state index >= 15 is 0 Å². The summed E-state index contributed by atoms with van der Waals surface area (Å²) in [5.74, 6) is 0.498. The fourth-order valence-electron chi connectivity index (χ4n) is 2.08. The highest BCUT2D eigenvalue weighted by Crippen LogP contribution is 2.27. The van der Waals surface area contributed by atoms with Gasteiger partial charge >= 0.3 is 0 Å². The highest BCUT2D eigenvalue weighted by Gasteiger charge is 2.33. The van der Waals surface area contributed by atoms with E-state index in [1.54, 1.807) is 14.2 Å². The molecule has 1 aliphatic rings. The van der Waals surface area contributed by atoms with Crippen molar-refractivity contribution in [3.05, 3.63) is 12.2 Å². The van der Waals surface area contributed by atoms with Gasteiger partial charge in [-0.3, -0.25) is 4.79 Å². The summed E-state index contributed by atoms with van der Waals surface area (Å²) in [5.41, 5.74) is 0. The van der Waals surface area contributed by atoms with Gasteiger partial charge in [0.15, 0.2) is 0 Å². The first-order valence-corrected chi connectivity index (χ1v) is 5.44. The van der Waals surface area contributed by atoms with Crippen LogP contribution in [0.4, 0.5) is 0 Å². The number of ketones is 1. The molecule has 3 atom stereocenters. The van der Waals surface area contributed by atoms with Gasteiger partial charge in [-0.15, -0.1) is 0 Å². The average Bonchev–Trinajstić information content (AvgIpc) is 2.24. The van der Waals surface area contributed by atoms with Crippen LogP contribution in [-0.4, -0.2) is 33.2 Å². The van der Waals surface area contributed by atoms with Crippen LogP contribution in [0.25, 0.3) is 0 Å². The molecule has 0 spiro atoms. The first-order chi connectivity index (χ1) is 7.24. The fourth-order valence-corrected chi connectivity index (χ4v) is 2.08.